The number of aliphatic hydroxyl groups is 1. The average molecular weight is 152 g/mol. The summed E-state index contributed by atoms with van der Waals surface area (Å²) in [7, 11) is 0. The zero-order valence-electron chi connectivity index (χ0n) is 7.35. The van der Waals surface area contributed by atoms with Crippen LogP contribution < -0.4 is 0 Å². The van der Waals surface area contributed by atoms with Crippen molar-refractivity contribution in [1.29, 1.82) is 0 Å². The monoisotopic (exact) mass is 152 g/mol. The van der Waals surface area contributed by atoms with E-state index >= 15 is 0 Å². The Labute approximate surface area is 68.4 Å². The maximum Gasteiger partial charge on any atom is 0.114 e. The van der Waals surface area contributed by atoms with Gasteiger partial charge in [0.15, 0.2) is 0 Å². The first kappa shape index (κ1) is 8.38. The molecule has 0 heterocycles. The molecule has 0 amide bonds. The average Bonchev–Trinajstić information content (AvgIpc) is 2.04. The number of hydrogen-bond donors (Lipinski definition) is 1. The second-order valence-corrected chi connectivity index (χ2v) is 2.92. The van der Waals surface area contributed by atoms with Crippen LogP contribution in [-0.4, -0.2) is 5.11 Å². The maximum atomic E-state index is 9.47. The van der Waals surface area contributed by atoms with E-state index in [1.807, 2.05) is 6.08 Å². The summed E-state index contributed by atoms with van der Waals surface area (Å²) < 4.78 is 0. The van der Waals surface area contributed by atoms with E-state index in [2.05, 4.69) is 13.8 Å². The Morgan fingerprint density at radius 3 is 2.55 bits per heavy atom. The summed E-state index contributed by atoms with van der Waals surface area (Å²) in [5, 5.41) is 9.47. The van der Waals surface area contributed by atoms with Gasteiger partial charge in [-0.25, -0.2) is 0 Å². The summed E-state index contributed by atoms with van der Waals surface area (Å²) in [5.41, 5.74) is 2.62. The molecule has 1 rings (SSSR count). The van der Waals surface area contributed by atoms with Crippen molar-refractivity contribution in [3.05, 3.63) is 23.0 Å². The van der Waals surface area contributed by atoms with Crippen LogP contribution in [0, 0.1) is 0 Å². The smallest absolute Gasteiger partial charge is 0.114 e. The highest BCUT2D eigenvalue weighted by atomic mass is 16.3. The number of rotatable bonds is 2. The third kappa shape index (κ3) is 1.65. The minimum absolute atomic E-state index is 0.524. The third-order valence-corrected chi connectivity index (χ3v) is 2.30. The molecular weight excluding hydrogens is 136 g/mol. The lowest BCUT2D eigenvalue weighted by Gasteiger charge is -2.16. The highest BCUT2D eigenvalue weighted by Gasteiger charge is 2.11. The fourth-order valence-electron chi connectivity index (χ4n) is 1.66. The molecular formula is C10H16O. The zero-order chi connectivity index (χ0) is 8.27. The summed E-state index contributed by atoms with van der Waals surface area (Å²) in [6.45, 7) is 4.25. The SMILES string of the molecule is CCC1=C(CC)C(O)=CCC1. The van der Waals surface area contributed by atoms with Gasteiger partial charge in [-0.3, -0.25) is 0 Å². The summed E-state index contributed by atoms with van der Waals surface area (Å²) in [6, 6.07) is 0. The molecule has 62 valence electrons. The van der Waals surface area contributed by atoms with Crippen molar-refractivity contribution in [3.8, 4) is 0 Å². The first-order valence-electron chi connectivity index (χ1n) is 4.40. The van der Waals surface area contributed by atoms with Crippen LogP contribution in [0.3, 0.4) is 0 Å². The van der Waals surface area contributed by atoms with Crippen LogP contribution in [0.4, 0.5) is 0 Å². The fraction of sp³-hybridized carbons (Fsp3) is 0.600. The topological polar surface area (TPSA) is 20.2 Å². The summed E-state index contributed by atoms with van der Waals surface area (Å²) in [5.74, 6) is 0.524. The molecule has 0 spiro atoms. The lowest BCUT2D eigenvalue weighted by atomic mass is 9.93. The first-order chi connectivity index (χ1) is 5.29. The molecule has 0 bridgehead atoms. The van der Waals surface area contributed by atoms with Crippen molar-refractivity contribution in [3.63, 3.8) is 0 Å². The van der Waals surface area contributed by atoms with Gasteiger partial charge in [-0.15, -0.1) is 0 Å². The zero-order valence-corrected chi connectivity index (χ0v) is 7.35. The predicted octanol–water partition coefficient (Wildman–Crippen LogP) is 3.34. The molecule has 0 saturated carbocycles. The van der Waals surface area contributed by atoms with Gasteiger partial charge in [0.1, 0.15) is 5.76 Å². The molecule has 0 aliphatic heterocycles. The molecule has 1 N–H and O–H groups in total. The highest BCUT2D eigenvalue weighted by Crippen LogP contribution is 2.27. The Balaban J connectivity index is 2.88. The molecule has 0 saturated heterocycles. The van der Waals surface area contributed by atoms with Crippen molar-refractivity contribution in [2.45, 2.75) is 39.5 Å². The van der Waals surface area contributed by atoms with Gasteiger partial charge in [-0.05, 0) is 37.3 Å². The molecule has 0 aromatic heterocycles. The van der Waals surface area contributed by atoms with E-state index in [1.165, 1.54) is 11.1 Å². The van der Waals surface area contributed by atoms with Gasteiger partial charge in [0.05, 0.1) is 0 Å². The van der Waals surface area contributed by atoms with Crippen molar-refractivity contribution in [2.24, 2.45) is 0 Å². The Morgan fingerprint density at radius 1 is 1.36 bits per heavy atom. The maximum absolute atomic E-state index is 9.47. The lowest BCUT2D eigenvalue weighted by Crippen LogP contribution is -1.99. The van der Waals surface area contributed by atoms with Crippen LogP contribution in [0.15, 0.2) is 23.0 Å². The van der Waals surface area contributed by atoms with E-state index in [4.69, 9.17) is 0 Å². The fourth-order valence-corrected chi connectivity index (χ4v) is 1.66. The van der Waals surface area contributed by atoms with Crippen molar-refractivity contribution < 1.29 is 5.11 Å². The largest absolute Gasteiger partial charge is 0.508 e. The van der Waals surface area contributed by atoms with Crippen molar-refractivity contribution in [2.75, 3.05) is 0 Å². The Hall–Kier alpha value is -0.720. The molecule has 0 atom stereocenters. The van der Waals surface area contributed by atoms with E-state index in [9.17, 15) is 5.11 Å². The normalized spacial score (nSPS) is 18.5. The standard InChI is InChI=1S/C10H16O/c1-3-8-6-5-7-10(11)9(8)4-2/h7,11H,3-6H2,1-2H3. The van der Waals surface area contributed by atoms with Gasteiger partial charge in [0.2, 0.25) is 0 Å². The van der Waals surface area contributed by atoms with Gasteiger partial charge in [-0.1, -0.05) is 19.4 Å². The first-order valence-corrected chi connectivity index (χ1v) is 4.40. The lowest BCUT2D eigenvalue weighted by molar-refractivity contribution is 0.410. The van der Waals surface area contributed by atoms with E-state index < -0.39 is 0 Å². The van der Waals surface area contributed by atoms with E-state index in [0.29, 0.717) is 5.76 Å². The van der Waals surface area contributed by atoms with E-state index in [-0.39, 0.29) is 0 Å². The minimum Gasteiger partial charge on any atom is -0.508 e. The van der Waals surface area contributed by atoms with Gasteiger partial charge >= 0.3 is 0 Å². The van der Waals surface area contributed by atoms with Crippen LogP contribution in [0.5, 0.6) is 0 Å². The van der Waals surface area contributed by atoms with Gasteiger partial charge in [-0.2, -0.15) is 0 Å². The van der Waals surface area contributed by atoms with Gasteiger partial charge in [0.25, 0.3) is 0 Å². The Kier molecular flexibility index (Phi) is 2.75. The molecule has 0 fully saturated rings. The summed E-state index contributed by atoms with van der Waals surface area (Å²) >= 11 is 0. The quantitative estimate of drug-likeness (QED) is 0.643. The van der Waals surface area contributed by atoms with E-state index in [1.54, 1.807) is 0 Å². The second-order valence-electron chi connectivity index (χ2n) is 2.92. The molecule has 1 heteroatoms. The third-order valence-electron chi connectivity index (χ3n) is 2.30. The van der Waals surface area contributed by atoms with Crippen LogP contribution in [-0.2, 0) is 0 Å². The molecule has 0 aromatic carbocycles. The second kappa shape index (κ2) is 3.61. The van der Waals surface area contributed by atoms with Crippen molar-refractivity contribution >= 4 is 0 Å². The van der Waals surface area contributed by atoms with Crippen LogP contribution in [0.25, 0.3) is 0 Å². The molecule has 0 unspecified atom stereocenters. The molecule has 0 radical (unpaired) electrons. The highest BCUT2D eigenvalue weighted by molar-refractivity contribution is 5.33. The number of aliphatic hydroxyl groups excluding tert-OH is 1. The van der Waals surface area contributed by atoms with Crippen LogP contribution in [0.2, 0.25) is 0 Å². The Morgan fingerprint density at radius 2 is 2.09 bits per heavy atom. The predicted molar refractivity (Wildman–Crippen MR) is 47.6 cm³/mol. The molecule has 11 heavy (non-hydrogen) atoms. The molecule has 1 nitrogen and oxygen atoms in total. The van der Waals surface area contributed by atoms with E-state index in [0.717, 1.165) is 25.7 Å². The van der Waals surface area contributed by atoms with Gasteiger partial charge in [0, 0.05) is 0 Å². The number of allylic oxidation sites excluding steroid dienone is 3. The molecule has 1 aliphatic rings. The number of hydrogen-bond acceptors (Lipinski definition) is 1. The minimum atomic E-state index is 0.524. The molecule has 1 aliphatic carbocycles. The Bertz CT molecular complexity index is 199. The summed E-state index contributed by atoms with van der Waals surface area (Å²) in [4.78, 5) is 0. The van der Waals surface area contributed by atoms with Crippen LogP contribution >= 0.6 is 0 Å². The van der Waals surface area contributed by atoms with Crippen molar-refractivity contribution in [1.82, 2.24) is 0 Å². The van der Waals surface area contributed by atoms with Crippen LogP contribution in [0.1, 0.15) is 39.5 Å². The summed E-state index contributed by atoms with van der Waals surface area (Å²) in [6.07, 6.45) is 6.13. The molecule has 0 aromatic rings. The van der Waals surface area contributed by atoms with Gasteiger partial charge < -0.3 is 5.11 Å².